The van der Waals surface area contributed by atoms with Gasteiger partial charge in [-0.1, -0.05) is 44.2 Å². The van der Waals surface area contributed by atoms with Crippen LogP contribution < -0.4 is 10.2 Å². The lowest BCUT2D eigenvalue weighted by molar-refractivity contribution is -0.125. The van der Waals surface area contributed by atoms with Crippen molar-refractivity contribution in [3.05, 3.63) is 65.9 Å². The summed E-state index contributed by atoms with van der Waals surface area (Å²) < 4.78 is 0. The molecule has 1 amide bonds. The lowest BCUT2D eigenvalue weighted by Crippen LogP contribution is -2.42. The molecule has 0 bridgehead atoms. The Labute approximate surface area is 164 Å². The number of phenolic OH excluding ortho intramolecular Hbond substituents is 1. The van der Waals surface area contributed by atoms with Gasteiger partial charge in [0.2, 0.25) is 5.91 Å². The number of anilines is 2. The summed E-state index contributed by atoms with van der Waals surface area (Å²) in [6, 6.07) is 13.9. The minimum atomic E-state index is -0.532. The van der Waals surface area contributed by atoms with E-state index in [9.17, 15) is 14.7 Å². The second-order valence-electron chi connectivity index (χ2n) is 8.28. The monoisotopic (exact) mass is 376 g/mol. The lowest BCUT2D eigenvalue weighted by Gasteiger charge is -2.38. The van der Waals surface area contributed by atoms with Crippen LogP contribution in [0, 0.1) is 11.3 Å². The second kappa shape index (κ2) is 6.51. The van der Waals surface area contributed by atoms with Gasteiger partial charge >= 0.3 is 0 Å². The molecule has 28 heavy (non-hydrogen) atoms. The van der Waals surface area contributed by atoms with Crippen molar-refractivity contribution in [3.8, 4) is 5.75 Å². The fourth-order valence-corrected chi connectivity index (χ4v) is 4.41. The predicted molar refractivity (Wildman–Crippen MR) is 109 cm³/mol. The van der Waals surface area contributed by atoms with Crippen molar-refractivity contribution in [3.63, 3.8) is 0 Å². The SMILES string of the molecule is CC(=O)N1c2ccccc2NC2=CC(C)(C)CC(=O)C2C1c1cccc(O)c1. The van der Waals surface area contributed by atoms with E-state index in [2.05, 4.69) is 11.4 Å². The van der Waals surface area contributed by atoms with Crippen molar-refractivity contribution in [1.29, 1.82) is 0 Å². The molecule has 5 nitrogen and oxygen atoms in total. The summed E-state index contributed by atoms with van der Waals surface area (Å²) in [6.07, 6.45) is 2.51. The van der Waals surface area contributed by atoms with Crippen molar-refractivity contribution in [2.45, 2.75) is 33.2 Å². The maximum atomic E-state index is 13.3. The summed E-state index contributed by atoms with van der Waals surface area (Å²) in [5.41, 5.74) is 2.80. The van der Waals surface area contributed by atoms with Crippen LogP contribution in [0.3, 0.4) is 0 Å². The molecule has 0 radical (unpaired) electrons. The summed E-state index contributed by atoms with van der Waals surface area (Å²) in [5.74, 6) is -0.476. The van der Waals surface area contributed by atoms with E-state index in [4.69, 9.17) is 0 Å². The Morgan fingerprint density at radius 1 is 1.18 bits per heavy atom. The van der Waals surface area contributed by atoms with Crippen LogP contribution >= 0.6 is 0 Å². The van der Waals surface area contributed by atoms with Gasteiger partial charge in [-0.15, -0.1) is 0 Å². The molecular formula is C23H24N2O3. The van der Waals surface area contributed by atoms with Crippen molar-refractivity contribution in [1.82, 2.24) is 0 Å². The molecule has 1 aliphatic heterocycles. The number of phenols is 1. The number of aromatic hydroxyl groups is 1. The van der Waals surface area contributed by atoms with Crippen LogP contribution in [0.15, 0.2) is 60.3 Å². The number of benzene rings is 2. The number of allylic oxidation sites excluding steroid dienone is 1. The molecule has 0 spiro atoms. The van der Waals surface area contributed by atoms with Crippen molar-refractivity contribution < 1.29 is 14.7 Å². The number of fused-ring (bicyclic) bond motifs is 2. The largest absolute Gasteiger partial charge is 0.508 e. The fourth-order valence-electron chi connectivity index (χ4n) is 4.41. The van der Waals surface area contributed by atoms with E-state index in [1.807, 2.05) is 44.2 Å². The highest BCUT2D eigenvalue weighted by Crippen LogP contribution is 2.48. The van der Waals surface area contributed by atoms with Gasteiger partial charge in [0.25, 0.3) is 0 Å². The molecule has 1 heterocycles. The minimum Gasteiger partial charge on any atom is -0.508 e. The Kier molecular flexibility index (Phi) is 4.26. The zero-order chi connectivity index (χ0) is 20.1. The summed E-state index contributed by atoms with van der Waals surface area (Å²) in [5, 5.41) is 13.5. The molecule has 2 aromatic rings. The summed E-state index contributed by atoms with van der Waals surface area (Å²) in [4.78, 5) is 27.8. The van der Waals surface area contributed by atoms with Crippen LogP contribution in [0.4, 0.5) is 11.4 Å². The first kappa shape index (κ1) is 18.3. The molecule has 2 aromatic carbocycles. The number of rotatable bonds is 1. The summed E-state index contributed by atoms with van der Waals surface area (Å²) in [6.45, 7) is 5.59. The van der Waals surface area contributed by atoms with Crippen LogP contribution in [-0.4, -0.2) is 16.8 Å². The molecule has 5 heteroatoms. The van der Waals surface area contributed by atoms with Gasteiger partial charge in [-0.25, -0.2) is 0 Å². The number of carbonyl (C=O) groups is 2. The molecule has 2 atom stereocenters. The first-order valence-corrected chi connectivity index (χ1v) is 9.47. The minimum absolute atomic E-state index is 0.0856. The van der Waals surface area contributed by atoms with Crippen molar-refractivity contribution >= 4 is 23.1 Å². The van der Waals surface area contributed by atoms with E-state index in [-0.39, 0.29) is 22.9 Å². The third-order valence-corrected chi connectivity index (χ3v) is 5.45. The van der Waals surface area contributed by atoms with Gasteiger partial charge in [-0.3, -0.25) is 9.59 Å². The van der Waals surface area contributed by atoms with E-state index in [1.165, 1.54) is 6.92 Å². The molecule has 0 saturated carbocycles. The van der Waals surface area contributed by atoms with Crippen LogP contribution in [0.25, 0.3) is 0 Å². The quantitative estimate of drug-likeness (QED) is 0.773. The number of hydrogen-bond donors (Lipinski definition) is 2. The van der Waals surface area contributed by atoms with E-state index in [1.54, 1.807) is 23.1 Å². The average Bonchev–Trinajstić information content (AvgIpc) is 2.74. The Bertz CT molecular complexity index is 993. The summed E-state index contributed by atoms with van der Waals surface area (Å²) in [7, 11) is 0. The van der Waals surface area contributed by atoms with Crippen LogP contribution in [0.2, 0.25) is 0 Å². The molecule has 1 aliphatic carbocycles. The molecular weight excluding hydrogens is 352 g/mol. The Morgan fingerprint density at radius 2 is 1.93 bits per heavy atom. The van der Waals surface area contributed by atoms with Gasteiger partial charge in [0.15, 0.2) is 0 Å². The molecule has 0 fully saturated rings. The lowest BCUT2D eigenvalue weighted by atomic mass is 9.72. The topological polar surface area (TPSA) is 69.6 Å². The zero-order valence-electron chi connectivity index (χ0n) is 16.3. The maximum absolute atomic E-state index is 13.3. The molecule has 144 valence electrons. The molecule has 2 N–H and O–H groups in total. The Balaban J connectivity index is 2.01. The highest BCUT2D eigenvalue weighted by molar-refractivity contribution is 6.00. The Hall–Kier alpha value is -3.08. The highest BCUT2D eigenvalue weighted by Gasteiger charge is 2.45. The summed E-state index contributed by atoms with van der Waals surface area (Å²) >= 11 is 0. The van der Waals surface area contributed by atoms with Gasteiger partial charge in [0.05, 0.1) is 23.3 Å². The van der Waals surface area contributed by atoms with E-state index >= 15 is 0 Å². The average molecular weight is 376 g/mol. The van der Waals surface area contributed by atoms with E-state index < -0.39 is 12.0 Å². The molecule has 0 aromatic heterocycles. The number of amides is 1. The number of hydrogen-bond acceptors (Lipinski definition) is 4. The van der Waals surface area contributed by atoms with Gasteiger partial charge in [-0.2, -0.15) is 0 Å². The number of ketones is 1. The number of nitrogens with zero attached hydrogens (tertiary/aromatic N) is 1. The normalized spacial score (nSPS) is 23.0. The van der Waals surface area contributed by atoms with Crippen LogP contribution in [0.5, 0.6) is 5.75 Å². The van der Waals surface area contributed by atoms with Crippen molar-refractivity contribution in [2.24, 2.45) is 11.3 Å². The van der Waals surface area contributed by atoms with Crippen molar-refractivity contribution in [2.75, 3.05) is 10.2 Å². The van der Waals surface area contributed by atoms with Crippen LogP contribution in [0.1, 0.15) is 38.8 Å². The molecule has 2 aliphatic rings. The van der Waals surface area contributed by atoms with E-state index in [0.717, 1.165) is 22.6 Å². The second-order valence-corrected chi connectivity index (χ2v) is 8.28. The third kappa shape index (κ3) is 3.07. The fraction of sp³-hybridized carbons (Fsp3) is 0.304. The first-order valence-electron chi connectivity index (χ1n) is 9.47. The molecule has 2 unspecified atom stereocenters. The number of carbonyl (C=O) groups excluding carboxylic acids is 2. The highest BCUT2D eigenvalue weighted by atomic mass is 16.3. The maximum Gasteiger partial charge on any atom is 0.224 e. The van der Waals surface area contributed by atoms with Gasteiger partial charge in [0.1, 0.15) is 11.5 Å². The number of para-hydroxylation sites is 2. The predicted octanol–water partition coefficient (Wildman–Crippen LogP) is 4.41. The van der Waals surface area contributed by atoms with Crippen LogP contribution in [-0.2, 0) is 9.59 Å². The van der Waals surface area contributed by atoms with Gasteiger partial charge in [-0.05, 0) is 35.2 Å². The standard InChI is InChI=1S/C23H24N2O3/c1-14(26)25-19-10-5-4-9-17(19)24-18-12-23(2,3)13-20(28)21(18)22(25)15-7-6-8-16(27)11-15/h4-12,21-22,24,27H,13H2,1-3H3. The number of Topliss-reactive ketones (excluding diaryl/α,β-unsaturated/α-hetero) is 1. The zero-order valence-corrected chi connectivity index (χ0v) is 16.3. The smallest absolute Gasteiger partial charge is 0.224 e. The van der Waals surface area contributed by atoms with Gasteiger partial charge < -0.3 is 15.3 Å². The number of nitrogens with one attached hydrogen (secondary N) is 1. The Morgan fingerprint density at radius 3 is 2.64 bits per heavy atom. The van der Waals surface area contributed by atoms with Gasteiger partial charge in [0, 0.05) is 19.0 Å². The third-order valence-electron chi connectivity index (χ3n) is 5.45. The molecule has 0 saturated heterocycles. The van der Waals surface area contributed by atoms with E-state index in [0.29, 0.717) is 6.42 Å². The first-order chi connectivity index (χ1) is 13.3. The molecule has 4 rings (SSSR count).